The minimum absolute atomic E-state index is 0. The predicted octanol–water partition coefficient (Wildman–Crippen LogP) is -0.979. The Morgan fingerprint density at radius 1 is 0.489 bits per heavy atom. The Morgan fingerprint density at radius 2 is 0.778 bits per heavy atom. The molecular formula is C23H19O14Si7Ti. The molecule has 14 nitrogen and oxygen atoms in total. The smallest absolute Gasteiger partial charge is 0.872 e. The van der Waals surface area contributed by atoms with Gasteiger partial charge in [0, 0.05) is 0 Å². The Labute approximate surface area is 285 Å². The van der Waals surface area contributed by atoms with Crippen molar-refractivity contribution >= 4 is 88.2 Å². The summed E-state index contributed by atoms with van der Waals surface area (Å²) in [5, 5.41) is 38.1. The minimum atomic E-state index is -2.81. The van der Waals surface area contributed by atoms with Crippen LogP contribution in [-0.4, -0.2) is 72.8 Å². The molecule has 0 unspecified atom stereocenters. The molecule has 0 saturated carbocycles. The first-order valence-corrected chi connectivity index (χ1v) is 21.4. The molecule has 0 aliphatic carbocycles. The van der Waals surface area contributed by atoms with E-state index in [-0.39, 0.29) is 33.2 Å². The van der Waals surface area contributed by atoms with E-state index in [1.807, 2.05) is 48.5 Å². The number of benzene rings is 4. The summed E-state index contributed by atoms with van der Waals surface area (Å²) >= 11 is 0. The second-order valence-corrected chi connectivity index (χ2v) is 20.8. The monoisotopic (exact) mass is 763 g/mol. The van der Waals surface area contributed by atoms with E-state index < -0.39 is 72.8 Å². The normalized spacial score (nSPS) is 20.0. The van der Waals surface area contributed by atoms with Crippen LogP contribution in [-0.2, 0) is 62.9 Å². The fourth-order valence-electron chi connectivity index (χ4n) is 4.10. The summed E-state index contributed by atoms with van der Waals surface area (Å²) in [6.45, 7) is 3.22. The van der Waals surface area contributed by atoms with Crippen LogP contribution in [0.1, 0.15) is 13.8 Å². The summed E-state index contributed by atoms with van der Waals surface area (Å²) < 4.78 is 53.0. The summed E-state index contributed by atoms with van der Waals surface area (Å²) in [4.78, 5) is 11.5. The third-order valence-corrected chi connectivity index (χ3v) is 19.0. The van der Waals surface area contributed by atoms with Crippen molar-refractivity contribution in [2.45, 2.75) is 20.0 Å². The van der Waals surface area contributed by atoms with Crippen molar-refractivity contribution in [2.75, 3.05) is 0 Å². The molecule has 4 heterocycles. The molecule has 4 aromatic carbocycles. The Kier molecular flexibility index (Phi) is 12.3. The van der Waals surface area contributed by atoms with E-state index in [0.29, 0.717) is 11.1 Å². The van der Waals surface area contributed by atoms with Gasteiger partial charge in [0.05, 0.1) is 0 Å². The molecule has 4 fully saturated rings. The molecule has 227 valence electrons. The molecule has 22 heteroatoms. The van der Waals surface area contributed by atoms with Crippen LogP contribution in [0.2, 0.25) is 0 Å². The topological polar surface area (TPSA) is 185 Å². The van der Waals surface area contributed by atoms with Gasteiger partial charge in [0.2, 0.25) is 0 Å². The van der Waals surface area contributed by atoms with E-state index in [1.54, 1.807) is 38.1 Å². The molecular weight excluding hydrogens is 745 g/mol. The summed E-state index contributed by atoms with van der Waals surface area (Å²) in [6.07, 6.45) is -0.417. The molecule has 8 rings (SSSR count). The third-order valence-electron chi connectivity index (χ3n) is 5.70. The Morgan fingerprint density at radius 3 is 1.11 bits per heavy atom. The standard InChI is InChI=1S/C20H14O2.C3H7O.O11Si7.Ti/c21-17-11-9-13-5-1-3-7-15(13)19(17)20-16-8-4-2-6-14(16)10-12-18(20)22;1-3(2)4;1-12-2-13-4-15-5-14(3-12)7-17-9-16(6-13)10-18(8-15)11-17;/h1-12,21-22H;3H,1-2H3;;/q;2*-1;+4/p-2. The van der Waals surface area contributed by atoms with Crippen molar-refractivity contribution in [3.8, 4) is 22.6 Å². The SMILES string of the molecule is CC(C)[O-].[O-][Si]1O[Si]2O[Si]3O[Si](O1)O[Si]1O[Si](O2)O[Si](O3)O1.[O-]c1ccc2ccccc2c1-c1c([O-])ccc2ccccc12.[Ti+4]. The van der Waals surface area contributed by atoms with Crippen molar-refractivity contribution in [3.63, 3.8) is 0 Å². The van der Waals surface area contributed by atoms with Crippen molar-refractivity contribution in [1.82, 2.24) is 0 Å². The van der Waals surface area contributed by atoms with Gasteiger partial charge in [-0.3, -0.25) is 0 Å². The zero-order valence-corrected chi connectivity index (χ0v) is 31.8. The fourth-order valence-corrected chi connectivity index (χ4v) is 19.8. The van der Waals surface area contributed by atoms with Crippen molar-refractivity contribution in [3.05, 3.63) is 72.8 Å². The molecule has 4 aromatic rings. The average molecular weight is 764 g/mol. The van der Waals surface area contributed by atoms with Gasteiger partial charge in [0.25, 0.3) is 9.53 Å². The van der Waals surface area contributed by atoms with Crippen LogP contribution in [0.5, 0.6) is 11.5 Å². The molecule has 7 radical (unpaired) electrons. The number of hydrogen-bond acceptors (Lipinski definition) is 14. The van der Waals surface area contributed by atoms with Crippen LogP contribution in [0.4, 0.5) is 0 Å². The van der Waals surface area contributed by atoms with Gasteiger partial charge in [-0.25, -0.2) is 0 Å². The minimum Gasteiger partial charge on any atom is -0.872 e. The van der Waals surface area contributed by atoms with Crippen molar-refractivity contribution in [1.29, 1.82) is 0 Å². The zero-order valence-electron chi connectivity index (χ0n) is 23.2. The maximum Gasteiger partial charge on any atom is 4.00 e. The van der Waals surface area contributed by atoms with Gasteiger partial charge in [-0.1, -0.05) is 86.6 Å². The van der Waals surface area contributed by atoms with E-state index in [1.165, 1.54) is 0 Å². The van der Waals surface area contributed by atoms with Crippen LogP contribution in [0.3, 0.4) is 0 Å². The van der Waals surface area contributed by atoms with Crippen molar-refractivity contribution < 1.29 is 83.0 Å². The van der Waals surface area contributed by atoms with Gasteiger partial charge < -0.3 is 61.3 Å². The maximum atomic E-state index is 12.5. The van der Waals surface area contributed by atoms with E-state index in [0.717, 1.165) is 21.5 Å². The van der Waals surface area contributed by atoms with E-state index >= 15 is 0 Å². The molecule has 6 bridgehead atoms. The van der Waals surface area contributed by atoms with Crippen molar-refractivity contribution in [2.24, 2.45) is 0 Å². The molecule has 4 aliphatic heterocycles. The van der Waals surface area contributed by atoms with Crippen LogP contribution in [0, 0.1) is 0 Å². The van der Waals surface area contributed by atoms with Crippen LogP contribution < -0.4 is 20.1 Å². The second-order valence-electron chi connectivity index (χ2n) is 9.14. The van der Waals surface area contributed by atoms with Gasteiger partial charge in [0.15, 0.2) is 0 Å². The number of rotatable bonds is 1. The molecule has 0 aromatic heterocycles. The Balaban J connectivity index is 0.000000158. The quantitative estimate of drug-likeness (QED) is 0.216. The van der Waals surface area contributed by atoms with Gasteiger partial charge in [0.1, 0.15) is 0 Å². The van der Waals surface area contributed by atoms with Gasteiger partial charge in [-0.2, -0.15) is 0 Å². The predicted molar refractivity (Wildman–Crippen MR) is 152 cm³/mol. The van der Waals surface area contributed by atoms with Crippen LogP contribution in [0.15, 0.2) is 72.8 Å². The average Bonchev–Trinajstić information content (AvgIpc) is 2.96. The number of hydrogen-bond donors (Lipinski definition) is 0. The van der Waals surface area contributed by atoms with E-state index in [2.05, 4.69) is 0 Å². The van der Waals surface area contributed by atoms with Gasteiger partial charge in [-0.05, 0) is 32.7 Å². The third kappa shape index (κ3) is 8.62. The van der Waals surface area contributed by atoms with Crippen LogP contribution >= 0.6 is 0 Å². The first-order chi connectivity index (χ1) is 21.2. The zero-order chi connectivity index (χ0) is 30.8. The Hall–Kier alpha value is -1.25. The van der Waals surface area contributed by atoms with E-state index in [9.17, 15) is 20.1 Å². The molecule has 45 heavy (non-hydrogen) atoms. The number of fused-ring (bicyclic) bond motifs is 6. The molecule has 0 N–H and O–H groups in total. The van der Waals surface area contributed by atoms with E-state index in [4.69, 9.17) is 41.2 Å². The first-order valence-electron chi connectivity index (χ1n) is 12.8. The molecule has 4 aliphatic rings. The molecule has 4 saturated heterocycles. The molecule has 0 atom stereocenters. The summed E-state index contributed by atoms with van der Waals surface area (Å²) in [5.74, 6) is -0.237. The summed E-state index contributed by atoms with van der Waals surface area (Å²) in [6, 6.07) is 22.0. The second kappa shape index (κ2) is 15.8. The fraction of sp³-hybridized carbons (Fsp3) is 0.130. The van der Waals surface area contributed by atoms with Gasteiger partial charge in [-0.15, -0.1) is 17.6 Å². The molecule has 0 spiro atoms. The van der Waals surface area contributed by atoms with Crippen LogP contribution in [0.25, 0.3) is 32.7 Å². The maximum absolute atomic E-state index is 12.5. The van der Waals surface area contributed by atoms with Gasteiger partial charge >= 0.3 is 78.9 Å². The Bertz CT molecular complexity index is 1490. The summed E-state index contributed by atoms with van der Waals surface area (Å²) in [7, 11) is -16.0. The largest absolute Gasteiger partial charge is 4.00 e. The first kappa shape index (κ1) is 35.1. The molecule has 0 amide bonds. The summed E-state index contributed by atoms with van der Waals surface area (Å²) in [5.41, 5.74) is 1.000.